The Hall–Kier alpha value is -1.72. The number of fused-ring (bicyclic) bond motifs is 1. The Balaban J connectivity index is 1.94. The number of aryl methyl sites for hydroxylation is 1. The number of likely N-dealkylation sites (tertiary alicyclic amines) is 1. The SMILES string of the molecule is Cc1cccc2c(=O)[nH]c(CN3CCCCC3CN)nc12. The molecule has 1 aliphatic rings. The van der Waals surface area contributed by atoms with Gasteiger partial charge in [0.05, 0.1) is 17.4 Å². The number of nitrogens with two attached hydrogens (primary N) is 1. The first kappa shape index (κ1) is 14.2. The zero-order chi connectivity index (χ0) is 14.8. The molecule has 1 aliphatic heterocycles. The van der Waals surface area contributed by atoms with Gasteiger partial charge < -0.3 is 10.7 Å². The van der Waals surface area contributed by atoms with E-state index in [4.69, 9.17) is 5.73 Å². The first-order chi connectivity index (χ1) is 10.2. The molecule has 5 nitrogen and oxygen atoms in total. The summed E-state index contributed by atoms with van der Waals surface area (Å²) in [6.45, 7) is 4.34. The van der Waals surface area contributed by atoms with E-state index in [-0.39, 0.29) is 5.56 Å². The van der Waals surface area contributed by atoms with Crippen molar-refractivity contribution < 1.29 is 0 Å². The number of hydrogen-bond donors (Lipinski definition) is 2. The van der Waals surface area contributed by atoms with Gasteiger partial charge in [-0.2, -0.15) is 0 Å². The summed E-state index contributed by atoms with van der Waals surface area (Å²) in [4.78, 5) is 22.1. The summed E-state index contributed by atoms with van der Waals surface area (Å²) < 4.78 is 0. The van der Waals surface area contributed by atoms with Crippen molar-refractivity contribution >= 4 is 10.9 Å². The van der Waals surface area contributed by atoms with E-state index in [1.165, 1.54) is 12.8 Å². The maximum Gasteiger partial charge on any atom is 0.258 e. The van der Waals surface area contributed by atoms with Crippen molar-refractivity contribution in [1.82, 2.24) is 14.9 Å². The van der Waals surface area contributed by atoms with E-state index in [9.17, 15) is 4.79 Å². The molecular weight excluding hydrogens is 264 g/mol. The van der Waals surface area contributed by atoms with Gasteiger partial charge in [0.25, 0.3) is 5.56 Å². The third kappa shape index (κ3) is 2.84. The van der Waals surface area contributed by atoms with Crippen LogP contribution >= 0.6 is 0 Å². The fourth-order valence-corrected chi connectivity index (χ4v) is 3.15. The molecule has 2 aromatic rings. The molecule has 0 bridgehead atoms. The Kier molecular flexibility index (Phi) is 4.03. The zero-order valence-corrected chi connectivity index (χ0v) is 12.4. The van der Waals surface area contributed by atoms with Gasteiger partial charge in [0, 0.05) is 12.6 Å². The van der Waals surface area contributed by atoms with Crippen LogP contribution in [0.1, 0.15) is 30.7 Å². The third-order valence-corrected chi connectivity index (χ3v) is 4.36. The zero-order valence-electron chi connectivity index (χ0n) is 12.4. The second-order valence-electron chi connectivity index (χ2n) is 5.84. The summed E-state index contributed by atoms with van der Waals surface area (Å²) >= 11 is 0. The number of nitrogens with one attached hydrogen (secondary N) is 1. The highest BCUT2D eigenvalue weighted by Crippen LogP contribution is 2.18. The van der Waals surface area contributed by atoms with Crippen molar-refractivity contribution in [3.63, 3.8) is 0 Å². The molecule has 1 saturated heterocycles. The Morgan fingerprint density at radius 3 is 3.10 bits per heavy atom. The van der Waals surface area contributed by atoms with E-state index in [0.717, 1.165) is 29.9 Å². The van der Waals surface area contributed by atoms with Crippen LogP contribution in [0.2, 0.25) is 0 Å². The van der Waals surface area contributed by atoms with Gasteiger partial charge in [-0.3, -0.25) is 9.69 Å². The first-order valence-electron chi connectivity index (χ1n) is 7.61. The second-order valence-corrected chi connectivity index (χ2v) is 5.84. The molecule has 112 valence electrons. The van der Waals surface area contributed by atoms with Crippen molar-refractivity contribution in [3.05, 3.63) is 39.9 Å². The van der Waals surface area contributed by atoms with Crippen molar-refractivity contribution in [2.45, 2.75) is 38.8 Å². The molecule has 1 aromatic carbocycles. The van der Waals surface area contributed by atoms with E-state index in [1.54, 1.807) is 0 Å². The monoisotopic (exact) mass is 286 g/mol. The lowest BCUT2D eigenvalue weighted by atomic mass is 10.0. The summed E-state index contributed by atoms with van der Waals surface area (Å²) in [5.74, 6) is 0.738. The summed E-state index contributed by atoms with van der Waals surface area (Å²) in [6, 6.07) is 6.10. The summed E-state index contributed by atoms with van der Waals surface area (Å²) in [5.41, 5.74) is 7.64. The predicted octanol–water partition coefficient (Wildman–Crippen LogP) is 1.54. The van der Waals surface area contributed by atoms with Crippen LogP contribution in [0.15, 0.2) is 23.0 Å². The molecule has 5 heteroatoms. The molecule has 0 aliphatic carbocycles. The Morgan fingerprint density at radius 1 is 1.43 bits per heavy atom. The maximum atomic E-state index is 12.2. The average molecular weight is 286 g/mol. The van der Waals surface area contributed by atoms with Crippen molar-refractivity contribution in [3.8, 4) is 0 Å². The van der Waals surface area contributed by atoms with E-state index < -0.39 is 0 Å². The first-order valence-corrected chi connectivity index (χ1v) is 7.61. The third-order valence-electron chi connectivity index (χ3n) is 4.36. The van der Waals surface area contributed by atoms with Gasteiger partial charge in [-0.05, 0) is 37.9 Å². The molecule has 21 heavy (non-hydrogen) atoms. The largest absolute Gasteiger partial charge is 0.329 e. The Labute approximate surface area is 124 Å². The number of rotatable bonds is 3. The normalized spacial score (nSPS) is 20.0. The Bertz CT molecular complexity index is 694. The highest BCUT2D eigenvalue weighted by atomic mass is 16.1. The summed E-state index contributed by atoms with van der Waals surface area (Å²) in [7, 11) is 0. The average Bonchev–Trinajstić information content (AvgIpc) is 2.49. The highest BCUT2D eigenvalue weighted by Gasteiger charge is 2.22. The highest BCUT2D eigenvalue weighted by molar-refractivity contribution is 5.80. The van der Waals surface area contributed by atoms with Crippen LogP contribution in [0.25, 0.3) is 10.9 Å². The van der Waals surface area contributed by atoms with Gasteiger partial charge in [-0.15, -0.1) is 0 Å². The number of aromatic nitrogens is 2. The van der Waals surface area contributed by atoms with Gasteiger partial charge in [0.1, 0.15) is 5.82 Å². The molecule has 1 fully saturated rings. The minimum atomic E-state index is -0.0555. The molecule has 2 heterocycles. The molecular formula is C16H22N4O. The number of aromatic amines is 1. The van der Waals surface area contributed by atoms with Gasteiger partial charge in [-0.1, -0.05) is 18.6 Å². The van der Waals surface area contributed by atoms with Gasteiger partial charge >= 0.3 is 0 Å². The van der Waals surface area contributed by atoms with Crippen molar-refractivity contribution in [2.24, 2.45) is 5.73 Å². The topological polar surface area (TPSA) is 75.0 Å². The lowest BCUT2D eigenvalue weighted by Gasteiger charge is -2.34. The lowest BCUT2D eigenvalue weighted by Crippen LogP contribution is -2.44. The molecule has 0 spiro atoms. The lowest BCUT2D eigenvalue weighted by molar-refractivity contribution is 0.141. The van der Waals surface area contributed by atoms with E-state index in [0.29, 0.717) is 24.5 Å². The van der Waals surface area contributed by atoms with Crippen LogP contribution in [0.3, 0.4) is 0 Å². The quantitative estimate of drug-likeness (QED) is 0.897. The van der Waals surface area contributed by atoms with Crippen LogP contribution in [-0.4, -0.2) is 34.0 Å². The molecule has 1 atom stereocenters. The molecule has 0 saturated carbocycles. The molecule has 1 unspecified atom stereocenters. The molecule has 0 radical (unpaired) electrons. The van der Waals surface area contributed by atoms with Crippen molar-refractivity contribution in [2.75, 3.05) is 13.1 Å². The second kappa shape index (κ2) is 5.95. The number of piperidine rings is 1. The molecule has 3 N–H and O–H groups in total. The predicted molar refractivity (Wildman–Crippen MR) is 84.2 cm³/mol. The number of para-hydroxylation sites is 1. The number of nitrogens with zero attached hydrogens (tertiary/aromatic N) is 2. The Morgan fingerprint density at radius 2 is 2.29 bits per heavy atom. The van der Waals surface area contributed by atoms with E-state index in [1.807, 2.05) is 25.1 Å². The molecule has 3 rings (SSSR count). The van der Waals surface area contributed by atoms with Crippen LogP contribution in [0.5, 0.6) is 0 Å². The summed E-state index contributed by atoms with van der Waals surface area (Å²) in [5, 5.41) is 0.660. The number of hydrogen-bond acceptors (Lipinski definition) is 4. The van der Waals surface area contributed by atoms with Crippen LogP contribution in [0.4, 0.5) is 0 Å². The fraction of sp³-hybridized carbons (Fsp3) is 0.500. The standard InChI is InChI=1S/C16H22N4O/c1-11-5-4-7-13-15(11)18-14(19-16(13)21)10-20-8-3-2-6-12(20)9-17/h4-5,7,12H,2-3,6,8-10,17H2,1H3,(H,18,19,21). The minimum absolute atomic E-state index is 0.0555. The van der Waals surface area contributed by atoms with Crippen LogP contribution in [-0.2, 0) is 6.54 Å². The van der Waals surface area contributed by atoms with Crippen LogP contribution in [0, 0.1) is 6.92 Å². The van der Waals surface area contributed by atoms with E-state index in [2.05, 4.69) is 14.9 Å². The van der Waals surface area contributed by atoms with E-state index >= 15 is 0 Å². The van der Waals surface area contributed by atoms with Gasteiger partial charge in [0.2, 0.25) is 0 Å². The smallest absolute Gasteiger partial charge is 0.258 e. The summed E-state index contributed by atoms with van der Waals surface area (Å²) in [6.07, 6.45) is 3.56. The minimum Gasteiger partial charge on any atom is -0.329 e. The number of H-pyrrole nitrogens is 1. The van der Waals surface area contributed by atoms with Gasteiger partial charge in [-0.25, -0.2) is 4.98 Å². The maximum absolute atomic E-state index is 12.2. The van der Waals surface area contributed by atoms with Crippen molar-refractivity contribution in [1.29, 1.82) is 0 Å². The van der Waals surface area contributed by atoms with Gasteiger partial charge in [0.15, 0.2) is 0 Å². The van der Waals surface area contributed by atoms with Crippen LogP contribution < -0.4 is 11.3 Å². The fourth-order valence-electron chi connectivity index (χ4n) is 3.15. The number of benzene rings is 1. The molecule has 0 amide bonds. The molecule has 1 aromatic heterocycles.